The standard InChI is InChI=1S/C34H22N3P/c1-2-9-24-20-25(16-15-23(24)8-1)38(27-10-7-19-35-22-27)26-17-18-33-31(21-26)36-34-30-13-4-3-11-28(30)29-12-5-6-14-32(29)37(33)34/h1-22H. The van der Waals surface area contributed by atoms with Crippen LogP contribution in [0, 0.1) is 0 Å². The maximum absolute atomic E-state index is 5.23. The van der Waals surface area contributed by atoms with E-state index in [1.54, 1.807) is 0 Å². The van der Waals surface area contributed by atoms with Crippen molar-refractivity contribution in [2.45, 2.75) is 0 Å². The molecule has 0 bridgehead atoms. The van der Waals surface area contributed by atoms with E-state index in [4.69, 9.17) is 4.98 Å². The number of benzene rings is 5. The summed E-state index contributed by atoms with van der Waals surface area (Å²) in [5, 5.41) is 9.98. The fourth-order valence-corrected chi connectivity index (χ4v) is 7.97. The topological polar surface area (TPSA) is 30.2 Å². The number of hydrogen-bond donors (Lipinski definition) is 0. The number of nitrogens with zero attached hydrogens (tertiary/aromatic N) is 3. The summed E-state index contributed by atoms with van der Waals surface area (Å²) in [6, 6.07) is 43.7. The van der Waals surface area contributed by atoms with E-state index in [2.05, 4.69) is 125 Å². The van der Waals surface area contributed by atoms with Crippen LogP contribution in [0.25, 0.3) is 49.1 Å². The van der Waals surface area contributed by atoms with E-state index in [9.17, 15) is 0 Å². The van der Waals surface area contributed by atoms with Crippen molar-refractivity contribution in [3.63, 3.8) is 0 Å². The summed E-state index contributed by atoms with van der Waals surface area (Å²) < 4.78 is 2.32. The van der Waals surface area contributed by atoms with Crippen LogP contribution in [0.3, 0.4) is 0 Å². The SMILES string of the molecule is c1cncc(P(c2ccc3ccccc3c2)c2ccc3c(c2)nc2c4ccccc4c4ccccc4n32)c1. The van der Waals surface area contributed by atoms with Crippen LogP contribution in [-0.4, -0.2) is 14.4 Å². The van der Waals surface area contributed by atoms with Crippen molar-refractivity contribution in [3.05, 3.63) is 134 Å². The fourth-order valence-electron chi connectivity index (χ4n) is 5.69. The van der Waals surface area contributed by atoms with Crippen molar-refractivity contribution in [2.24, 2.45) is 0 Å². The molecule has 4 heteroatoms. The first kappa shape index (κ1) is 21.5. The normalized spacial score (nSPS) is 12.6. The summed E-state index contributed by atoms with van der Waals surface area (Å²) in [5.41, 5.74) is 4.33. The van der Waals surface area contributed by atoms with Gasteiger partial charge in [-0.25, -0.2) is 4.98 Å². The molecule has 0 N–H and O–H groups in total. The number of pyridine rings is 2. The lowest BCUT2D eigenvalue weighted by molar-refractivity contribution is 1.31. The lowest BCUT2D eigenvalue weighted by Crippen LogP contribution is -2.21. The van der Waals surface area contributed by atoms with Gasteiger partial charge in [-0.15, -0.1) is 0 Å². The van der Waals surface area contributed by atoms with Gasteiger partial charge in [-0.2, -0.15) is 0 Å². The second-order valence-electron chi connectivity index (χ2n) is 9.58. The molecular formula is C34H22N3P. The molecule has 0 aliphatic rings. The molecule has 0 aliphatic heterocycles. The van der Waals surface area contributed by atoms with Crippen molar-refractivity contribution in [2.75, 3.05) is 0 Å². The Labute approximate surface area is 220 Å². The molecule has 0 saturated heterocycles. The van der Waals surface area contributed by atoms with E-state index in [1.807, 2.05) is 18.5 Å². The Morgan fingerprint density at radius 3 is 2.13 bits per heavy atom. The van der Waals surface area contributed by atoms with Crippen molar-refractivity contribution in [1.29, 1.82) is 0 Å². The highest BCUT2D eigenvalue weighted by Crippen LogP contribution is 2.36. The number of para-hydroxylation sites is 1. The Kier molecular flexibility index (Phi) is 4.80. The minimum atomic E-state index is -0.803. The molecule has 0 fully saturated rings. The van der Waals surface area contributed by atoms with Gasteiger partial charge in [0.25, 0.3) is 0 Å². The molecule has 178 valence electrons. The smallest absolute Gasteiger partial charge is 0.146 e. The van der Waals surface area contributed by atoms with E-state index >= 15 is 0 Å². The molecule has 0 saturated carbocycles. The highest BCUT2D eigenvalue weighted by atomic mass is 31.1. The van der Waals surface area contributed by atoms with Crippen LogP contribution in [0.4, 0.5) is 0 Å². The largest absolute Gasteiger partial charge is 0.292 e. The molecule has 3 heterocycles. The van der Waals surface area contributed by atoms with Gasteiger partial charge in [-0.05, 0) is 65.0 Å². The zero-order valence-corrected chi connectivity index (χ0v) is 21.4. The van der Waals surface area contributed by atoms with Gasteiger partial charge in [-0.3, -0.25) is 9.38 Å². The minimum Gasteiger partial charge on any atom is -0.292 e. The molecule has 0 spiro atoms. The Morgan fingerprint density at radius 1 is 0.526 bits per heavy atom. The van der Waals surface area contributed by atoms with Crippen LogP contribution in [0.5, 0.6) is 0 Å². The summed E-state index contributed by atoms with van der Waals surface area (Å²) in [4.78, 5) is 9.71. The summed E-state index contributed by atoms with van der Waals surface area (Å²) in [6.07, 6.45) is 3.86. The molecule has 3 aromatic heterocycles. The van der Waals surface area contributed by atoms with E-state index in [0.717, 1.165) is 16.7 Å². The minimum absolute atomic E-state index is 0.803. The molecular weight excluding hydrogens is 481 g/mol. The highest BCUT2D eigenvalue weighted by Gasteiger charge is 2.20. The van der Waals surface area contributed by atoms with Crippen LogP contribution in [-0.2, 0) is 0 Å². The molecule has 3 nitrogen and oxygen atoms in total. The molecule has 0 aliphatic carbocycles. The van der Waals surface area contributed by atoms with Crippen LogP contribution in [0.15, 0.2) is 134 Å². The first-order valence-corrected chi connectivity index (χ1v) is 14.1. The summed E-state index contributed by atoms with van der Waals surface area (Å²) in [5.74, 6) is 0. The van der Waals surface area contributed by atoms with E-state index in [-0.39, 0.29) is 0 Å². The maximum Gasteiger partial charge on any atom is 0.146 e. The Balaban J connectivity index is 1.41. The van der Waals surface area contributed by atoms with Gasteiger partial charge < -0.3 is 0 Å². The molecule has 0 amide bonds. The fraction of sp³-hybridized carbons (Fsp3) is 0. The van der Waals surface area contributed by atoms with Crippen molar-refractivity contribution in [3.8, 4) is 0 Å². The molecule has 1 unspecified atom stereocenters. The third-order valence-electron chi connectivity index (χ3n) is 7.39. The number of aromatic nitrogens is 3. The first-order chi connectivity index (χ1) is 18.8. The van der Waals surface area contributed by atoms with Gasteiger partial charge in [-0.1, -0.05) is 91.0 Å². The van der Waals surface area contributed by atoms with Crippen molar-refractivity contribution < 1.29 is 0 Å². The Morgan fingerprint density at radius 2 is 1.26 bits per heavy atom. The third-order valence-corrected chi connectivity index (χ3v) is 9.76. The summed E-state index contributed by atoms with van der Waals surface area (Å²) >= 11 is 0. The molecule has 1 atom stereocenters. The number of imidazole rings is 1. The number of rotatable bonds is 3. The predicted molar refractivity (Wildman–Crippen MR) is 162 cm³/mol. The Bertz CT molecular complexity index is 2150. The molecule has 5 aromatic carbocycles. The molecule has 0 radical (unpaired) electrons. The van der Waals surface area contributed by atoms with Crippen LogP contribution < -0.4 is 15.9 Å². The summed E-state index contributed by atoms with van der Waals surface area (Å²) in [6.45, 7) is 0. The van der Waals surface area contributed by atoms with Gasteiger partial charge in [0.05, 0.1) is 16.6 Å². The predicted octanol–water partition coefficient (Wildman–Crippen LogP) is 7.10. The zero-order chi connectivity index (χ0) is 25.1. The van der Waals surface area contributed by atoms with Gasteiger partial charge in [0.1, 0.15) is 5.65 Å². The van der Waals surface area contributed by atoms with Crippen molar-refractivity contribution >= 4 is 73.0 Å². The average Bonchev–Trinajstić information content (AvgIpc) is 3.37. The van der Waals surface area contributed by atoms with Gasteiger partial charge in [0.15, 0.2) is 0 Å². The van der Waals surface area contributed by atoms with Gasteiger partial charge >= 0.3 is 0 Å². The van der Waals surface area contributed by atoms with Crippen LogP contribution in [0.1, 0.15) is 0 Å². The third kappa shape index (κ3) is 3.26. The molecule has 38 heavy (non-hydrogen) atoms. The molecule has 8 aromatic rings. The Hall–Kier alpha value is -4.59. The van der Waals surface area contributed by atoms with Crippen molar-refractivity contribution in [1.82, 2.24) is 14.4 Å². The summed E-state index contributed by atoms with van der Waals surface area (Å²) in [7, 11) is -0.803. The lowest BCUT2D eigenvalue weighted by Gasteiger charge is -2.19. The lowest BCUT2D eigenvalue weighted by atomic mass is 10.1. The van der Waals surface area contributed by atoms with E-state index in [1.165, 1.54) is 48.4 Å². The second kappa shape index (κ2) is 8.48. The van der Waals surface area contributed by atoms with Gasteiger partial charge in [0.2, 0.25) is 0 Å². The zero-order valence-electron chi connectivity index (χ0n) is 20.5. The van der Waals surface area contributed by atoms with Crippen LogP contribution in [0.2, 0.25) is 0 Å². The average molecular weight is 504 g/mol. The van der Waals surface area contributed by atoms with E-state index in [0.29, 0.717) is 0 Å². The molecule has 8 rings (SSSR count). The monoisotopic (exact) mass is 503 g/mol. The number of hydrogen-bond acceptors (Lipinski definition) is 2. The number of fused-ring (bicyclic) bond motifs is 9. The van der Waals surface area contributed by atoms with Crippen LogP contribution >= 0.6 is 7.92 Å². The highest BCUT2D eigenvalue weighted by molar-refractivity contribution is 7.79. The first-order valence-electron chi connectivity index (χ1n) is 12.8. The second-order valence-corrected chi connectivity index (χ2v) is 11.8. The maximum atomic E-state index is 5.23. The van der Waals surface area contributed by atoms with Gasteiger partial charge in [0, 0.05) is 28.5 Å². The van der Waals surface area contributed by atoms with E-state index < -0.39 is 7.92 Å². The quantitative estimate of drug-likeness (QED) is 0.190.